The predicted molar refractivity (Wildman–Crippen MR) is 255 cm³/mol. The smallest absolute Gasteiger partial charge is 0.135 e. The summed E-state index contributed by atoms with van der Waals surface area (Å²) in [5.74, 6) is 0. The van der Waals surface area contributed by atoms with Gasteiger partial charge in [0.2, 0.25) is 0 Å². The minimum atomic E-state index is 0.889. The lowest BCUT2D eigenvalue weighted by atomic mass is 9.92. The second kappa shape index (κ2) is 14.3. The van der Waals surface area contributed by atoms with Gasteiger partial charge in [-0.3, -0.25) is 0 Å². The number of benzene rings is 10. The number of fused-ring (bicyclic) bond motifs is 7. The van der Waals surface area contributed by atoms with E-state index >= 15 is 0 Å². The van der Waals surface area contributed by atoms with E-state index in [9.17, 15) is 0 Å². The van der Waals surface area contributed by atoms with Crippen LogP contribution in [-0.4, -0.2) is 0 Å². The van der Waals surface area contributed by atoms with Gasteiger partial charge in [-0.2, -0.15) is 0 Å². The van der Waals surface area contributed by atoms with E-state index in [-0.39, 0.29) is 0 Å². The van der Waals surface area contributed by atoms with Crippen molar-refractivity contribution in [2.75, 3.05) is 4.90 Å². The lowest BCUT2D eigenvalue weighted by Crippen LogP contribution is -2.09. The van der Waals surface area contributed by atoms with Crippen LogP contribution >= 0.6 is 0 Å². The van der Waals surface area contributed by atoms with Gasteiger partial charge in [0.1, 0.15) is 22.3 Å². The van der Waals surface area contributed by atoms with E-state index in [1.54, 1.807) is 0 Å². The van der Waals surface area contributed by atoms with Crippen LogP contribution in [0.3, 0.4) is 0 Å². The van der Waals surface area contributed by atoms with Crippen molar-refractivity contribution in [2.45, 2.75) is 0 Å². The highest BCUT2D eigenvalue weighted by molar-refractivity contribution is 6.08. The number of furan rings is 2. The number of rotatable bonds is 7. The van der Waals surface area contributed by atoms with Crippen molar-refractivity contribution >= 4 is 71.7 Å². The van der Waals surface area contributed by atoms with Crippen LogP contribution in [0.1, 0.15) is 0 Å². The van der Waals surface area contributed by atoms with Crippen LogP contribution in [0.15, 0.2) is 233 Å². The summed E-state index contributed by atoms with van der Waals surface area (Å²) in [4.78, 5) is 2.35. The molecule has 0 bridgehead atoms. The van der Waals surface area contributed by atoms with Crippen molar-refractivity contribution in [3.63, 3.8) is 0 Å². The van der Waals surface area contributed by atoms with Crippen molar-refractivity contribution in [3.8, 4) is 44.5 Å². The summed E-state index contributed by atoms with van der Waals surface area (Å²) in [5, 5.41) is 6.89. The van der Waals surface area contributed by atoms with E-state index in [1.807, 2.05) is 24.3 Å². The van der Waals surface area contributed by atoms with Gasteiger partial charge < -0.3 is 13.7 Å². The standard InChI is InChI=1S/C58H37NO2/c1-2-10-38(11-3-1)40-18-25-48(26-19-40)59(50-29-22-39-12-4-5-13-42(39)35-50)49-27-20-41(21-28-49)45-32-46(43-23-30-57-53(36-43)51-14-6-8-16-55(51)60-57)34-47(33-45)44-24-31-58-54(37-44)52-15-7-9-17-56(52)61-58/h1-37H. The Balaban J connectivity index is 0.987. The third kappa shape index (κ3) is 6.23. The first-order chi connectivity index (χ1) is 30.2. The maximum absolute atomic E-state index is 6.23. The zero-order valence-corrected chi connectivity index (χ0v) is 33.1. The second-order valence-electron chi connectivity index (χ2n) is 15.7. The third-order valence-electron chi connectivity index (χ3n) is 12.0. The van der Waals surface area contributed by atoms with Crippen LogP contribution in [0.2, 0.25) is 0 Å². The van der Waals surface area contributed by atoms with Crippen molar-refractivity contribution < 1.29 is 8.83 Å². The summed E-state index contributed by atoms with van der Waals surface area (Å²) < 4.78 is 12.5. The van der Waals surface area contributed by atoms with Gasteiger partial charge in [0.25, 0.3) is 0 Å². The molecule has 0 radical (unpaired) electrons. The molecule has 0 fully saturated rings. The Morgan fingerprint density at radius 1 is 0.230 bits per heavy atom. The number of hydrogen-bond acceptors (Lipinski definition) is 3. The van der Waals surface area contributed by atoms with Crippen LogP contribution < -0.4 is 4.90 Å². The van der Waals surface area contributed by atoms with Crippen molar-refractivity contribution in [1.29, 1.82) is 0 Å². The number of para-hydroxylation sites is 2. The fourth-order valence-corrected chi connectivity index (χ4v) is 8.94. The van der Waals surface area contributed by atoms with Crippen molar-refractivity contribution in [2.24, 2.45) is 0 Å². The molecule has 61 heavy (non-hydrogen) atoms. The van der Waals surface area contributed by atoms with Crippen LogP contribution in [0, 0.1) is 0 Å². The van der Waals surface area contributed by atoms with E-state index in [4.69, 9.17) is 8.83 Å². The molecule has 10 aromatic carbocycles. The van der Waals surface area contributed by atoms with Gasteiger partial charge in [-0.25, -0.2) is 0 Å². The molecule has 12 aromatic rings. The molecule has 0 spiro atoms. The summed E-state index contributed by atoms with van der Waals surface area (Å²) in [7, 11) is 0. The second-order valence-corrected chi connectivity index (χ2v) is 15.7. The summed E-state index contributed by atoms with van der Waals surface area (Å²) in [6, 6.07) is 80.3. The minimum absolute atomic E-state index is 0.889. The quantitative estimate of drug-likeness (QED) is 0.161. The molecule has 2 aromatic heterocycles. The van der Waals surface area contributed by atoms with Crippen molar-refractivity contribution in [3.05, 3.63) is 224 Å². The lowest BCUT2D eigenvalue weighted by Gasteiger charge is -2.26. The third-order valence-corrected chi connectivity index (χ3v) is 12.0. The molecule has 0 aliphatic carbocycles. The predicted octanol–water partition coefficient (Wildman–Crippen LogP) is 16.8. The number of nitrogens with zero attached hydrogens (tertiary/aromatic N) is 1. The average Bonchev–Trinajstić information content (AvgIpc) is 3.90. The molecule has 2 heterocycles. The van der Waals surface area contributed by atoms with Gasteiger partial charge in [-0.05, 0) is 146 Å². The number of anilines is 3. The van der Waals surface area contributed by atoms with Crippen LogP contribution in [0.25, 0.3) is 99.2 Å². The monoisotopic (exact) mass is 779 g/mol. The van der Waals surface area contributed by atoms with Crippen LogP contribution in [0.5, 0.6) is 0 Å². The van der Waals surface area contributed by atoms with Crippen LogP contribution in [0.4, 0.5) is 17.1 Å². The molecule has 3 nitrogen and oxygen atoms in total. The Morgan fingerprint density at radius 2 is 0.639 bits per heavy atom. The maximum atomic E-state index is 6.23. The molecule has 0 aliphatic heterocycles. The molecule has 0 N–H and O–H groups in total. The lowest BCUT2D eigenvalue weighted by molar-refractivity contribution is 0.668. The summed E-state index contributed by atoms with van der Waals surface area (Å²) in [6.45, 7) is 0. The van der Waals surface area contributed by atoms with Crippen molar-refractivity contribution in [1.82, 2.24) is 0 Å². The fourth-order valence-electron chi connectivity index (χ4n) is 8.94. The van der Waals surface area contributed by atoms with Crippen LogP contribution in [-0.2, 0) is 0 Å². The zero-order chi connectivity index (χ0) is 40.3. The molecule has 0 unspecified atom stereocenters. The molecular weight excluding hydrogens is 743 g/mol. The van der Waals surface area contributed by atoms with E-state index in [0.717, 1.165) is 94.3 Å². The Bertz CT molecular complexity index is 3450. The highest BCUT2D eigenvalue weighted by Gasteiger charge is 2.17. The Kier molecular flexibility index (Phi) is 8.17. The molecule has 0 saturated carbocycles. The first-order valence-corrected chi connectivity index (χ1v) is 20.7. The summed E-state index contributed by atoms with van der Waals surface area (Å²) in [6.07, 6.45) is 0. The molecular formula is C58H37NO2. The molecule has 286 valence electrons. The topological polar surface area (TPSA) is 29.5 Å². The van der Waals surface area contributed by atoms with Gasteiger partial charge in [-0.1, -0.05) is 133 Å². The Hall–Kier alpha value is -8.14. The molecule has 0 aliphatic rings. The SMILES string of the molecule is c1ccc(-c2ccc(N(c3ccc(-c4cc(-c5ccc6oc7ccccc7c6c5)cc(-c5ccc6oc7ccccc7c6c5)c4)cc3)c3ccc4ccccc4c3)cc2)cc1. The largest absolute Gasteiger partial charge is 0.456 e. The highest BCUT2D eigenvalue weighted by atomic mass is 16.3. The van der Waals surface area contributed by atoms with Gasteiger partial charge >= 0.3 is 0 Å². The first-order valence-electron chi connectivity index (χ1n) is 20.7. The first kappa shape index (κ1) is 34.9. The normalized spacial score (nSPS) is 11.6. The summed E-state index contributed by atoms with van der Waals surface area (Å²) in [5.41, 5.74) is 16.1. The van der Waals surface area contributed by atoms with E-state index in [1.165, 1.54) is 21.9 Å². The van der Waals surface area contributed by atoms with E-state index in [2.05, 4.69) is 205 Å². The summed E-state index contributed by atoms with van der Waals surface area (Å²) >= 11 is 0. The maximum Gasteiger partial charge on any atom is 0.135 e. The molecule has 3 heteroatoms. The Morgan fingerprint density at radius 3 is 1.21 bits per heavy atom. The average molecular weight is 780 g/mol. The fraction of sp³-hybridized carbons (Fsp3) is 0. The highest BCUT2D eigenvalue weighted by Crippen LogP contribution is 2.41. The molecule has 0 amide bonds. The van der Waals surface area contributed by atoms with Gasteiger partial charge in [-0.15, -0.1) is 0 Å². The van der Waals surface area contributed by atoms with E-state index in [0.29, 0.717) is 0 Å². The molecule has 0 atom stereocenters. The van der Waals surface area contributed by atoms with Gasteiger partial charge in [0.05, 0.1) is 0 Å². The van der Waals surface area contributed by atoms with Gasteiger partial charge in [0.15, 0.2) is 0 Å². The number of hydrogen-bond donors (Lipinski definition) is 0. The van der Waals surface area contributed by atoms with Gasteiger partial charge in [0, 0.05) is 38.6 Å². The molecule has 12 rings (SSSR count). The Labute approximate surface area is 353 Å². The zero-order valence-electron chi connectivity index (χ0n) is 33.1. The van der Waals surface area contributed by atoms with E-state index < -0.39 is 0 Å². The minimum Gasteiger partial charge on any atom is -0.456 e. The molecule has 0 saturated heterocycles.